The smallest absolute Gasteiger partial charge is 0.0726 e. The molecular weight excluding hydrogens is 136 g/mol. The van der Waals surface area contributed by atoms with Crippen LogP contribution in [0.1, 0.15) is 39.5 Å². The minimum Gasteiger partial charge on any atom is -0.389 e. The van der Waals surface area contributed by atoms with E-state index in [2.05, 4.69) is 19.9 Å². The molecule has 1 atom stereocenters. The van der Waals surface area contributed by atoms with Crippen LogP contribution in [-0.4, -0.2) is 11.2 Å². The first-order valence-electron chi connectivity index (χ1n) is 4.66. The van der Waals surface area contributed by atoms with Gasteiger partial charge in [-0.3, -0.25) is 0 Å². The quantitative estimate of drug-likeness (QED) is 0.619. The summed E-state index contributed by atoms with van der Waals surface area (Å²) in [5.41, 5.74) is 1.49. The van der Waals surface area contributed by atoms with Gasteiger partial charge in [-0.2, -0.15) is 0 Å². The Labute approximate surface area is 69.1 Å². The second-order valence-electron chi connectivity index (χ2n) is 3.36. The second-order valence-corrected chi connectivity index (χ2v) is 3.36. The summed E-state index contributed by atoms with van der Waals surface area (Å²) in [7, 11) is 0. The third kappa shape index (κ3) is 2.06. The molecule has 0 aromatic rings. The number of aliphatic hydroxyl groups is 1. The maximum Gasteiger partial charge on any atom is 0.0726 e. The lowest BCUT2D eigenvalue weighted by Crippen LogP contribution is -1.98. The Balaban J connectivity index is 2.52. The molecule has 11 heavy (non-hydrogen) atoms. The van der Waals surface area contributed by atoms with Crippen LogP contribution in [0.15, 0.2) is 11.6 Å². The Hall–Kier alpha value is -0.300. The fourth-order valence-electron chi connectivity index (χ4n) is 1.88. The highest BCUT2D eigenvalue weighted by atomic mass is 16.3. The van der Waals surface area contributed by atoms with E-state index in [0.717, 1.165) is 18.8 Å². The third-order valence-electron chi connectivity index (χ3n) is 2.65. The van der Waals surface area contributed by atoms with Crippen molar-refractivity contribution in [2.45, 2.75) is 45.6 Å². The summed E-state index contributed by atoms with van der Waals surface area (Å²) in [6.07, 6.45) is 6.41. The molecule has 0 fully saturated rings. The van der Waals surface area contributed by atoms with Gasteiger partial charge in [0.1, 0.15) is 0 Å². The average Bonchev–Trinajstić information content (AvgIpc) is 2.39. The lowest BCUT2D eigenvalue weighted by atomic mass is 9.93. The van der Waals surface area contributed by atoms with Crippen molar-refractivity contribution in [3.05, 3.63) is 11.6 Å². The summed E-state index contributed by atoms with van der Waals surface area (Å²) in [6, 6.07) is 0. The van der Waals surface area contributed by atoms with Crippen molar-refractivity contribution in [2.24, 2.45) is 5.92 Å². The first-order chi connectivity index (χ1) is 5.27. The van der Waals surface area contributed by atoms with Gasteiger partial charge in [0.15, 0.2) is 0 Å². The third-order valence-corrected chi connectivity index (χ3v) is 2.65. The van der Waals surface area contributed by atoms with E-state index in [1.54, 1.807) is 0 Å². The Morgan fingerprint density at radius 2 is 2.18 bits per heavy atom. The highest BCUT2D eigenvalue weighted by Crippen LogP contribution is 2.29. The average molecular weight is 154 g/mol. The molecule has 0 saturated carbocycles. The van der Waals surface area contributed by atoms with Crippen molar-refractivity contribution in [3.63, 3.8) is 0 Å². The molecule has 64 valence electrons. The van der Waals surface area contributed by atoms with Gasteiger partial charge in [0, 0.05) is 0 Å². The molecule has 1 N–H and O–H groups in total. The molecule has 1 unspecified atom stereocenters. The molecule has 1 aliphatic rings. The van der Waals surface area contributed by atoms with Crippen LogP contribution in [0.25, 0.3) is 0 Å². The Morgan fingerprint density at radius 1 is 1.55 bits per heavy atom. The zero-order chi connectivity index (χ0) is 8.27. The Kier molecular flexibility index (Phi) is 3.13. The summed E-state index contributed by atoms with van der Waals surface area (Å²) in [4.78, 5) is 0. The minimum absolute atomic E-state index is 0.148. The maximum atomic E-state index is 9.26. The molecule has 0 radical (unpaired) electrons. The number of aliphatic hydroxyl groups excluding tert-OH is 1. The van der Waals surface area contributed by atoms with E-state index in [4.69, 9.17) is 0 Å². The van der Waals surface area contributed by atoms with Crippen LogP contribution in [0.3, 0.4) is 0 Å². The van der Waals surface area contributed by atoms with Crippen LogP contribution in [0.2, 0.25) is 0 Å². The van der Waals surface area contributed by atoms with Crippen molar-refractivity contribution < 1.29 is 5.11 Å². The Bertz CT molecular complexity index is 145. The normalized spacial score (nSPS) is 24.4. The van der Waals surface area contributed by atoms with Gasteiger partial charge in [0.05, 0.1) is 6.10 Å². The van der Waals surface area contributed by atoms with Gasteiger partial charge >= 0.3 is 0 Å². The summed E-state index contributed by atoms with van der Waals surface area (Å²) < 4.78 is 0. The maximum absolute atomic E-state index is 9.26. The standard InChI is InChI=1S/C10H18O/c1-3-8(4-2)9-5-6-10(11)7-9/h7-8,10-11H,3-6H2,1-2H3. The van der Waals surface area contributed by atoms with Crippen LogP contribution in [0, 0.1) is 5.92 Å². The van der Waals surface area contributed by atoms with E-state index in [0.29, 0.717) is 0 Å². The van der Waals surface area contributed by atoms with Crippen molar-refractivity contribution in [1.29, 1.82) is 0 Å². The lowest BCUT2D eigenvalue weighted by molar-refractivity contribution is 0.223. The first-order valence-corrected chi connectivity index (χ1v) is 4.66. The van der Waals surface area contributed by atoms with E-state index in [-0.39, 0.29) is 6.10 Å². The van der Waals surface area contributed by atoms with Crippen molar-refractivity contribution in [2.75, 3.05) is 0 Å². The molecule has 1 nitrogen and oxygen atoms in total. The molecule has 0 bridgehead atoms. The molecule has 0 aromatic carbocycles. The summed E-state index contributed by atoms with van der Waals surface area (Å²) in [5, 5.41) is 9.26. The summed E-state index contributed by atoms with van der Waals surface area (Å²) in [6.45, 7) is 4.44. The van der Waals surface area contributed by atoms with E-state index in [9.17, 15) is 5.11 Å². The number of allylic oxidation sites excluding steroid dienone is 1. The van der Waals surface area contributed by atoms with Crippen LogP contribution in [0.4, 0.5) is 0 Å². The lowest BCUT2D eigenvalue weighted by Gasteiger charge is -2.12. The van der Waals surface area contributed by atoms with Crippen LogP contribution in [0.5, 0.6) is 0 Å². The molecule has 1 rings (SSSR count). The number of rotatable bonds is 3. The fourth-order valence-corrected chi connectivity index (χ4v) is 1.88. The molecule has 0 saturated heterocycles. The van der Waals surface area contributed by atoms with Crippen LogP contribution in [-0.2, 0) is 0 Å². The van der Waals surface area contributed by atoms with Crippen molar-refractivity contribution >= 4 is 0 Å². The first kappa shape index (κ1) is 8.79. The monoisotopic (exact) mass is 154 g/mol. The topological polar surface area (TPSA) is 20.2 Å². The second kappa shape index (κ2) is 3.91. The number of hydrogen-bond donors (Lipinski definition) is 1. The van der Waals surface area contributed by atoms with E-state index < -0.39 is 0 Å². The summed E-state index contributed by atoms with van der Waals surface area (Å²) >= 11 is 0. The molecule has 0 heterocycles. The highest BCUT2D eigenvalue weighted by molar-refractivity contribution is 5.14. The van der Waals surface area contributed by atoms with Crippen LogP contribution >= 0.6 is 0 Å². The predicted octanol–water partition coefficient (Wildman–Crippen LogP) is 2.50. The fraction of sp³-hybridized carbons (Fsp3) is 0.800. The molecule has 0 amide bonds. The van der Waals surface area contributed by atoms with Gasteiger partial charge in [-0.1, -0.05) is 25.5 Å². The van der Waals surface area contributed by atoms with E-state index in [1.165, 1.54) is 18.4 Å². The van der Waals surface area contributed by atoms with Gasteiger partial charge in [0.25, 0.3) is 0 Å². The van der Waals surface area contributed by atoms with Gasteiger partial charge in [0.2, 0.25) is 0 Å². The molecule has 0 aliphatic heterocycles. The summed E-state index contributed by atoms with van der Waals surface area (Å²) in [5.74, 6) is 0.729. The predicted molar refractivity (Wildman–Crippen MR) is 47.4 cm³/mol. The van der Waals surface area contributed by atoms with Crippen molar-refractivity contribution in [1.82, 2.24) is 0 Å². The van der Waals surface area contributed by atoms with Gasteiger partial charge in [-0.15, -0.1) is 0 Å². The largest absolute Gasteiger partial charge is 0.389 e. The highest BCUT2D eigenvalue weighted by Gasteiger charge is 2.18. The molecule has 0 aromatic heterocycles. The SMILES string of the molecule is CCC(CC)C1=CC(O)CC1. The van der Waals surface area contributed by atoms with E-state index >= 15 is 0 Å². The molecular formula is C10H18O. The van der Waals surface area contributed by atoms with E-state index in [1.807, 2.05) is 0 Å². The van der Waals surface area contributed by atoms with Crippen molar-refractivity contribution in [3.8, 4) is 0 Å². The van der Waals surface area contributed by atoms with Gasteiger partial charge < -0.3 is 5.11 Å². The minimum atomic E-state index is -0.148. The molecule has 0 spiro atoms. The van der Waals surface area contributed by atoms with Crippen LogP contribution < -0.4 is 0 Å². The Morgan fingerprint density at radius 3 is 2.55 bits per heavy atom. The zero-order valence-electron chi connectivity index (χ0n) is 7.51. The molecule has 1 aliphatic carbocycles. The van der Waals surface area contributed by atoms with Gasteiger partial charge in [-0.05, 0) is 31.6 Å². The molecule has 1 heteroatoms. The number of hydrogen-bond acceptors (Lipinski definition) is 1. The van der Waals surface area contributed by atoms with Gasteiger partial charge in [-0.25, -0.2) is 0 Å². The zero-order valence-corrected chi connectivity index (χ0v) is 7.51.